The smallest absolute Gasteiger partial charge is 0.182 e. The molecule has 1 N–H and O–H groups in total. The molecule has 1 aromatic heterocycles. The van der Waals surface area contributed by atoms with Crippen LogP contribution in [0.25, 0.3) is 0 Å². The lowest BCUT2D eigenvalue weighted by atomic mass is 10.2. The Kier molecular flexibility index (Phi) is 3.57. The van der Waals surface area contributed by atoms with Crippen LogP contribution in [-0.2, 0) is 0 Å². The van der Waals surface area contributed by atoms with Crippen LogP contribution in [0, 0.1) is 24.4 Å². The molecule has 0 aliphatic rings. The predicted molar refractivity (Wildman–Crippen MR) is 66.5 cm³/mol. The Morgan fingerprint density at radius 3 is 2.63 bits per heavy atom. The van der Waals surface area contributed by atoms with E-state index in [1.165, 1.54) is 6.92 Å². The van der Waals surface area contributed by atoms with Crippen molar-refractivity contribution in [3.63, 3.8) is 0 Å². The minimum atomic E-state index is -1.30. The first-order valence-corrected chi connectivity index (χ1v) is 6.06. The Morgan fingerprint density at radius 2 is 2.00 bits per heavy atom. The molecule has 19 heavy (non-hydrogen) atoms. The largest absolute Gasteiger partial charge is 0.343 e. The Hall–Kier alpha value is -1.89. The lowest BCUT2D eigenvalue weighted by molar-refractivity contribution is 0.101. The lowest BCUT2D eigenvalue weighted by Gasteiger charge is -2.07. The average Bonchev–Trinajstić information content (AvgIpc) is 2.66. The zero-order valence-electron chi connectivity index (χ0n) is 10.1. The van der Waals surface area contributed by atoms with E-state index in [4.69, 9.17) is 0 Å². The summed E-state index contributed by atoms with van der Waals surface area (Å²) >= 11 is 0.926. The number of ketones is 1. The first-order chi connectivity index (χ1) is 8.90. The van der Waals surface area contributed by atoms with Gasteiger partial charge in [0, 0.05) is 12.1 Å². The molecular formula is C12H9F3N2OS. The van der Waals surface area contributed by atoms with Crippen LogP contribution in [0.3, 0.4) is 0 Å². The number of nitrogens with one attached hydrogen (secondary N) is 1. The van der Waals surface area contributed by atoms with Gasteiger partial charge in [-0.15, -0.1) is 0 Å². The fourth-order valence-electron chi connectivity index (χ4n) is 1.64. The summed E-state index contributed by atoms with van der Waals surface area (Å²) in [6.45, 7) is 2.96. The topological polar surface area (TPSA) is 42.0 Å². The molecule has 0 saturated carbocycles. The van der Waals surface area contributed by atoms with Crippen LogP contribution in [0.4, 0.5) is 23.9 Å². The second-order valence-corrected chi connectivity index (χ2v) is 4.68. The van der Waals surface area contributed by atoms with Gasteiger partial charge in [-0.1, -0.05) is 0 Å². The number of nitrogens with zero attached hydrogens (tertiary/aromatic N) is 1. The Bertz CT molecular complexity index is 655. The molecular weight excluding hydrogens is 277 g/mol. The fourth-order valence-corrected chi connectivity index (χ4v) is 2.50. The summed E-state index contributed by atoms with van der Waals surface area (Å²) in [7, 11) is 0. The molecule has 0 spiro atoms. The number of carbonyl (C=O) groups is 1. The number of Topliss-reactive ketones (excluding diaryl/α,β-unsaturated/α-hetero) is 1. The van der Waals surface area contributed by atoms with Crippen LogP contribution in [0.2, 0.25) is 0 Å². The van der Waals surface area contributed by atoms with E-state index in [9.17, 15) is 18.0 Å². The molecule has 0 aliphatic carbocycles. The van der Waals surface area contributed by atoms with Crippen LogP contribution in [0.1, 0.15) is 23.0 Å². The van der Waals surface area contributed by atoms with Crippen LogP contribution >= 0.6 is 11.5 Å². The zero-order chi connectivity index (χ0) is 14.2. The molecule has 3 nitrogen and oxygen atoms in total. The standard InChI is InChI=1S/C12H9F3N2OS/c1-5-10(6(2)18)12(19-17-5)16-9-4-7(13)3-8(14)11(9)15/h3-4,16H,1-2H3. The molecule has 0 unspecified atom stereocenters. The number of aromatic nitrogens is 1. The fraction of sp³-hybridized carbons (Fsp3) is 0.167. The molecule has 2 aromatic rings. The van der Waals surface area contributed by atoms with Crippen molar-refractivity contribution < 1.29 is 18.0 Å². The van der Waals surface area contributed by atoms with E-state index in [1.54, 1.807) is 6.92 Å². The van der Waals surface area contributed by atoms with Crippen molar-refractivity contribution in [3.8, 4) is 0 Å². The Labute approximate surface area is 111 Å². The highest BCUT2D eigenvalue weighted by molar-refractivity contribution is 7.10. The van der Waals surface area contributed by atoms with E-state index in [0.717, 1.165) is 17.6 Å². The van der Waals surface area contributed by atoms with Crippen molar-refractivity contribution in [1.29, 1.82) is 0 Å². The number of aryl methyl sites for hydroxylation is 1. The molecule has 0 aliphatic heterocycles. The van der Waals surface area contributed by atoms with Gasteiger partial charge in [0.05, 0.1) is 16.9 Å². The van der Waals surface area contributed by atoms with Crippen LogP contribution in [0.15, 0.2) is 12.1 Å². The lowest BCUT2D eigenvalue weighted by Crippen LogP contribution is -2.01. The maximum Gasteiger partial charge on any atom is 0.182 e. The minimum Gasteiger partial charge on any atom is -0.343 e. The molecule has 1 aromatic carbocycles. The molecule has 7 heteroatoms. The van der Waals surface area contributed by atoms with Gasteiger partial charge in [-0.25, -0.2) is 13.2 Å². The number of hydrogen-bond donors (Lipinski definition) is 1. The van der Waals surface area contributed by atoms with Crippen molar-refractivity contribution >= 4 is 28.0 Å². The summed E-state index contributed by atoms with van der Waals surface area (Å²) in [5.74, 6) is -3.67. The van der Waals surface area contributed by atoms with Gasteiger partial charge in [-0.2, -0.15) is 4.37 Å². The van der Waals surface area contributed by atoms with Gasteiger partial charge in [0.2, 0.25) is 0 Å². The number of hydrogen-bond acceptors (Lipinski definition) is 4. The molecule has 0 saturated heterocycles. The number of carbonyl (C=O) groups excluding carboxylic acids is 1. The van der Waals surface area contributed by atoms with Crippen molar-refractivity contribution in [3.05, 3.63) is 40.8 Å². The molecule has 2 rings (SSSR count). The van der Waals surface area contributed by atoms with Crippen molar-refractivity contribution in [2.45, 2.75) is 13.8 Å². The monoisotopic (exact) mass is 286 g/mol. The Balaban J connectivity index is 2.45. The van der Waals surface area contributed by atoms with E-state index in [0.29, 0.717) is 11.8 Å². The number of rotatable bonds is 3. The van der Waals surface area contributed by atoms with E-state index < -0.39 is 17.5 Å². The first-order valence-electron chi connectivity index (χ1n) is 5.29. The summed E-state index contributed by atoms with van der Waals surface area (Å²) in [6.07, 6.45) is 0. The predicted octanol–water partition coefficient (Wildman–Crippen LogP) is 3.82. The van der Waals surface area contributed by atoms with Gasteiger partial charge in [-0.05, 0) is 25.4 Å². The molecule has 0 atom stereocenters. The molecule has 100 valence electrons. The van der Waals surface area contributed by atoms with Crippen LogP contribution < -0.4 is 5.32 Å². The van der Waals surface area contributed by atoms with Crippen molar-refractivity contribution in [2.24, 2.45) is 0 Å². The highest BCUT2D eigenvalue weighted by Crippen LogP contribution is 2.30. The number of halogens is 3. The SMILES string of the molecule is CC(=O)c1c(C)nsc1Nc1cc(F)cc(F)c1F. The second kappa shape index (κ2) is 5.00. The van der Waals surface area contributed by atoms with E-state index >= 15 is 0 Å². The number of anilines is 2. The molecule has 0 bridgehead atoms. The Morgan fingerprint density at radius 1 is 1.32 bits per heavy atom. The summed E-state index contributed by atoms with van der Waals surface area (Å²) in [6, 6.07) is 1.27. The molecule has 1 heterocycles. The zero-order valence-corrected chi connectivity index (χ0v) is 10.9. The maximum absolute atomic E-state index is 13.5. The van der Waals surface area contributed by atoms with Gasteiger partial charge >= 0.3 is 0 Å². The molecule has 0 radical (unpaired) electrons. The summed E-state index contributed by atoms with van der Waals surface area (Å²) in [5.41, 5.74) is 0.398. The normalized spacial score (nSPS) is 10.6. The number of benzene rings is 1. The third-order valence-electron chi connectivity index (χ3n) is 2.46. The van der Waals surface area contributed by atoms with E-state index in [-0.39, 0.29) is 22.0 Å². The van der Waals surface area contributed by atoms with Crippen LogP contribution in [0.5, 0.6) is 0 Å². The molecule has 0 amide bonds. The average molecular weight is 286 g/mol. The summed E-state index contributed by atoms with van der Waals surface area (Å²) in [4.78, 5) is 11.4. The maximum atomic E-state index is 13.5. The van der Waals surface area contributed by atoms with E-state index in [2.05, 4.69) is 9.69 Å². The van der Waals surface area contributed by atoms with Crippen LogP contribution in [-0.4, -0.2) is 10.2 Å². The third-order valence-corrected chi connectivity index (χ3v) is 3.31. The minimum absolute atomic E-state index is 0.258. The highest BCUT2D eigenvalue weighted by Gasteiger charge is 2.18. The van der Waals surface area contributed by atoms with Gasteiger partial charge in [0.25, 0.3) is 0 Å². The quantitative estimate of drug-likeness (QED) is 0.689. The first kappa shape index (κ1) is 13.5. The van der Waals surface area contributed by atoms with E-state index in [1.807, 2.05) is 0 Å². The van der Waals surface area contributed by atoms with Gasteiger partial charge in [0.15, 0.2) is 17.4 Å². The van der Waals surface area contributed by atoms with Crippen molar-refractivity contribution in [2.75, 3.05) is 5.32 Å². The summed E-state index contributed by atoms with van der Waals surface area (Å²) in [5, 5.41) is 2.76. The highest BCUT2D eigenvalue weighted by atomic mass is 32.1. The van der Waals surface area contributed by atoms with Gasteiger partial charge in [-0.3, -0.25) is 4.79 Å². The second-order valence-electron chi connectivity index (χ2n) is 3.90. The van der Waals surface area contributed by atoms with Crippen molar-refractivity contribution in [1.82, 2.24) is 4.37 Å². The van der Waals surface area contributed by atoms with Gasteiger partial charge in [0.1, 0.15) is 10.8 Å². The third kappa shape index (κ3) is 2.60. The molecule has 0 fully saturated rings. The van der Waals surface area contributed by atoms with Gasteiger partial charge < -0.3 is 5.32 Å². The summed E-state index contributed by atoms with van der Waals surface area (Å²) < 4.78 is 43.6.